The number of nitrogens with one attached hydrogen (secondary N) is 1. The fourth-order valence-electron chi connectivity index (χ4n) is 2.16. The molecule has 0 bridgehead atoms. The molecule has 0 unspecified atom stereocenters. The van der Waals surface area contributed by atoms with Crippen LogP contribution in [-0.2, 0) is 4.79 Å². The summed E-state index contributed by atoms with van der Waals surface area (Å²) in [7, 11) is 0. The van der Waals surface area contributed by atoms with Crippen molar-refractivity contribution in [3.8, 4) is 0 Å². The lowest BCUT2D eigenvalue weighted by Crippen LogP contribution is -2.07. The topological polar surface area (TPSA) is 42.2 Å². The first-order valence-corrected chi connectivity index (χ1v) is 7.65. The summed E-state index contributed by atoms with van der Waals surface area (Å²) < 4.78 is 5.14. The number of benzene rings is 2. The highest BCUT2D eigenvalue weighted by Gasteiger charge is 1.98. The number of amides is 1. The highest BCUT2D eigenvalue weighted by atomic mass is 16.3. The van der Waals surface area contributed by atoms with Crippen LogP contribution in [-0.4, -0.2) is 5.91 Å². The molecule has 3 heteroatoms. The van der Waals surface area contributed by atoms with E-state index in [1.807, 2.05) is 48.5 Å². The number of anilines is 1. The van der Waals surface area contributed by atoms with Gasteiger partial charge in [0.15, 0.2) is 0 Å². The Labute approximate surface area is 140 Å². The molecule has 24 heavy (non-hydrogen) atoms. The molecule has 1 heterocycles. The maximum atomic E-state index is 11.8. The second-order valence-corrected chi connectivity index (χ2v) is 5.20. The zero-order chi connectivity index (χ0) is 16.6. The van der Waals surface area contributed by atoms with Gasteiger partial charge in [-0.05, 0) is 41.5 Å². The highest BCUT2D eigenvalue weighted by Crippen LogP contribution is 2.13. The van der Waals surface area contributed by atoms with Crippen molar-refractivity contribution in [1.82, 2.24) is 0 Å². The number of furan rings is 1. The Morgan fingerprint density at radius 1 is 0.792 bits per heavy atom. The molecule has 1 aromatic heterocycles. The largest absolute Gasteiger partial charge is 0.465 e. The van der Waals surface area contributed by atoms with Crippen LogP contribution in [0.2, 0.25) is 0 Å². The molecule has 118 valence electrons. The average molecular weight is 315 g/mol. The summed E-state index contributed by atoms with van der Waals surface area (Å²) in [6.07, 6.45) is 8.74. The smallest absolute Gasteiger partial charge is 0.248 e. The van der Waals surface area contributed by atoms with Crippen LogP contribution < -0.4 is 5.32 Å². The molecule has 0 atom stereocenters. The van der Waals surface area contributed by atoms with Crippen molar-refractivity contribution in [2.24, 2.45) is 0 Å². The van der Waals surface area contributed by atoms with E-state index in [0.717, 1.165) is 16.8 Å². The summed E-state index contributed by atoms with van der Waals surface area (Å²) in [6, 6.07) is 21.4. The zero-order valence-corrected chi connectivity index (χ0v) is 13.1. The van der Waals surface area contributed by atoms with Gasteiger partial charge in [-0.3, -0.25) is 4.79 Å². The molecule has 3 nitrogen and oxygen atoms in total. The van der Waals surface area contributed by atoms with Crippen molar-refractivity contribution in [3.05, 3.63) is 96.0 Å². The second kappa shape index (κ2) is 7.79. The molecule has 0 radical (unpaired) electrons. The van der Waals surface area contributed by atoms with Gasteiger partial charge in [0.1, 0.15) is 5.76 Å². The first-order valence-electron chi connectivity index (χ1n) is 7.65. The van der Waals surface area contributed by atoms with Gasteiger partial charge >= 0.3 is 0 Å². The van der Waals surface area contributed by atoms with E-state index >= 15 is 0 Å². The third kappa shape index (κ3) is 4.58. The first-order chi connectivity index (χ1) is 11.8. The van der Waals surface area contributed by atoms with E-state index in [4.69, 9.17) is 4.42 Å². The van der Waals surface area contributed by atoms with Gasteiger partial charge in [0.2, 0.25) is 5.91 Å². The van der Waals surface area contributed by atoms with Gasteiger partial charge in [0.25, 0.3) is 0 Å². The Bertz CT molecular complexity index is 829. The minimum Gasteiger partial charge on any atom is -0.465 e. The normalized spacial score (nSPS) is 11.2. The standard InChI is InChI=1S/C21H17NO2/c23-21(15-14-20-7-4-16-24-20)22-19-12-10-18(11-13-19)9-8-17-5-2-1-3-6-17/h1-16H,(H,22,23)/b9-8+,15-14+. The van der Waals surface area contributed by atoms with Crippen molar-refractivity contribution < 1.29 is 9.21 Å². The molecule has 0 saturated carbocycles. The van der Waals surface area contributed by atoms with Crippen molar-refractivity contribution >= 4 is 29.8 Å². The number of hydrogen-bond acceptors (Lipinski definition) is 2. The molecule has 3 rings (SSSR count). The SMILES string of the molecule is O=C(/C=C/c1ccco1)Nc1ccc(/C=C/c2ccccc2)cc1. The molecule has 1 N–H and O–H groups in total. The quantitative estimate of drug-likeness (QED) is 0.525. The summed E-state index contributed by atoms with van der Waals surface area (Å²) in [5.41, 5.74) is 2.97. The van der Waals surface area contributed by atoms with Gasteiger partial charge in [0, 0.05) is 11.8 Å². The summed E-state index contributed by atoms with van der Waals surface area (Å²) in [5, 5.41) is 2.81. The lowest BCUT2D eigenvalue weighted by atomic mass is 10.1. The molecular weight excluding hydrogens is 298 g/mol. The van der Waals surface area contributed by atoms with Crippen LogP contribution in [0.1, 0.15) is 16.9 Å². The third-order valence-corrected chi connectivity index (χ3v) is 3.39. The zero-order valence-electron chi connectivity index (χ0n) is 13.1. The molecule has 0 aliphatic rings. The van der Waals surface area contributed by atoms with Gasteiger partial charge in [-0.1, -0.05) is 54.6 Å². The third-order valence-electron chi connectivity index (χ3n) is 3.39. The number of carbonyl (C=O) groups excluding carboxylic acids is 1. The van der Waals surface area contributed by atoms with Crippen molar-refractivity contribution in [3.63, 3.8) is 0 Å². The predicted octanol–water partition coefficient (Wildman–Crippen LogP) is 5.10. The van der Waals surface area contributed by atoms with E-state index in [1.54, 1.807) is 24.5 Å². The number of rotatable bonds is 5. The molecule has 2 aromatic carbocycles. The van der Waals surface area contributed by atoms with Crippen LogP contribution >= 0.6 is 0 Å². The molecule has 0 aliphatic heterocycles. The van der Waals surface area contributed by atoms with Gasteiger partial charge in [0.05, 0.1) is 6.26 Å². The second-order valence-electron chi connectivity index (χ2n) is 5.20. The summed E-state index contributed by atoms with van der Waals surface area (Å²) in [6.45, 7) is 0. The van der Waals surface area contributed by atoms with Crippen molar-refractivity contribution in [2.45, 2.75) is 0 Å². The van der Waals surface area contributed by atoms with Crippen LogP contribution in [0.3, 0.4) is 0 Å². The van der Waals surface area contributed by atoms with Gasteiger partial charge in [-0.25, -0.2) is 0 Å². The molecule has 0 aliphatic carbocycles. The Morgan fingerprint density at radius 2 is 1.50 bits per heavy atom. The van der Waals surface area contributed by atoms with E-state index in [1.165, 1.54) is 6.08 Å². The molecule has 1 amide bonds. The highest BCUT2D eigenvalue weighted by molar-refractivity contribution is 6.01. The molecule has 0 saturated heterocycles. The average Bonchev–Trinajstić information content (AvgIpc) is 3.14. The lowest BCUT2D eigenvalue weighted by molar-refractivity contribution is -0.111. The van der Waals surface area contributed by atoms with E-state index in [0.29, 0.717) is 5.76 Å². The Morgan fingerprint density at radius 3 is 2.17 bits per heavy atom. The fraction of sp³-hybridized carbons (Fsp3) is 0. The lowest BCUT2D eigenvalue weighted by Gasteiger charge is -2.02. The Kier molecular flexibility index (Phi) is 5.05. The maximum Gasteiger partial charge on any atom is 0.248 e. The summed E-state index contributed by atoms with van der Waals surface area (Å²) in [5.74, 6) is 0.450. The number of hydrogen-bond donors (Lipinski definition) is 1. The number of carbonyl (C=O) groups is 1. The van der Waals surface area contributed by atoms with Gasteiger partial charge in [-0.2, -0.15) is 0 Å². The Balaban J connectivity index is 1.58. The molecule has 0 spiro atoms. The van der Waals surface area contributed by atoms with Crippen LogP contribution in [0.25, 0.3) is 18.2 Å². The summed E-state index contributed by atoms with van der Waals surface area (Å²) in [4.78, 5) is 11.8. The minimum absolute atomic E-state index is 0.195. The van der Waals surface area contributed by atoms with E-state index in [-0.39, 0.29) is 5.91 Å². The van der Waals surface area contributed by atoms with E-state index < -0.39 is 0 Å². The van der Waals surface area contributed by atoms with Crippen LogP contribution in [0.4, 0.5) is 5.69 Å². The Hall–Kier alpha value is -3.33. The molecular formula is C21H17NO2. The molecule has 3 aromatic rings. The maximum absolute atomic E-state index is 11.8. The van der Waals surface area contributed by atoms with E-state index in [2.05, 4.69) is 23.5 Å². The van der Waals surface area contributed by atoms with Gasteiger partial charge < -0.3 is 9.73 Å². The van der Waals surface area contributed by atoms with E-state index in [9.17, 15) is 4.79 Å². The predicted molar refractivity (Wildman–Crippen MR) is 98.2 cm³/mol. The molecule has 0 fully saturated rings. The van der Waals surface area contributed by atoms with Crippen LogP contribution in [0.15, 0.2) is 83.5 Å². The van der Waals surface area contributed by atoms with Crippen molar-refractivity contribution in [1.29, 1.82) is 0 Å². The van der Waals surface area contributed by atoms with Crippen molar-refractivity contribution in [2.75, 3.05) is 5.32 Å². The minimum atomic E-state index is -0.195. The monoisotopic (exact) mass is 315 g/mol. The van der Waals surface area contributed by atoms with Gasteiger partial charge in [-0.15, -0.1) is 0 Å². The summed E-state index contributed by atoms with van der Waals surface area (Å²) >= 11 is 0. The van der Waals surface area contributed by atoms with Crippen LogP contribution in [0.5, 0.6) is 0 Å². The first kappa shape index (κ1) is 15.6. The fourth-order valence-corrected chi connectivity index (χ4v) is 2.16. The van der Waals surface area contributed by atoms with Crippen LogP contribution in [0, 0.1) is 0 Å².